The number of ether oxygens (including phenoxy) is 1. The third-order valence-electron chi connectivity index (χ3n) is 3.77. The van der Waals surface area contributed by atoms with E-state index in [4.69, 9.17) is 4.74 Å². The molecule has 0 bridgehead atoms. The van der Waals surface area contributed by atoms with Gasteiger partial charge in [0, 0.05) is 30.5 Å². The molecule has 3 unspecified atom stereocenters. The SMILES string of the molecule is CCCNC(c1ccc(C)nc1)C1CCOC1C. The smallest absolute Gasteiger partial charge is 0.0594 e. The Hall–Kier alpha value is -0.930. The zero-order valence-corrected chi connectivity index (χ0v) is 11.6. The number of aromatic nitrogens is 1. The molecule has 0 aromatic carbocycles. The van der Waals surface area contributed by atoms with Crippen molar-refractivity contribution in [3.8, 4) is 0 Å². The highest BCUT2D eigenvalue weighted by molar-refractivity contribution is 5.19. The first-order chi connectivity index (χ1) is 8.72. The summed E-state index contributed by atoms with van der Waals surface area (Å²) in [6, 6.07) is 4.66. The molecule has 18 heavy (non-hydrogen) atoms. The number of nitrogens with zero attached hydrogens (tertiary/aromatic N) is 1. The summed E-state index contributed by atoms with van der Waals surface area (Å²) < 4.78 is 5.71. The molecule has 1 N–H and O–H groups in total. The predicted octanol–water partition coefficient (Wildman–Crippen LogP) is 2.86. The van der Waals surface area contributed by atoms with Crippen LogP contribution in [-0.4, -0.2) is 24.2 Å². The molecular formula is C15H24N2O. The summed E-state index contributed by atoms with van der Waals surface area (Å²) in [5, 5.41) is 3.66. The van der Waals surface area contributed by atoms with Crippen LogP contribution in [0.1, 0.15) is 44.0 Å². The van der Waals surface area contributed by atoms with Gasteiger partial charge in [-0.3, -0.25) is 4.98 Å². The van der Waals surface area contributed by atoms with Gasteiger partial charge in [0.2, 0.25) is 0 Å². The van der Waals surface area contributed by atoms with Gasteiger partial charge in [-0.15, -0.1) is 0 Å². The minimum Gasteiger partial charge on any atom is -0.378 e. The molecule has 0 spiro atoms. The Kier molecular flexibility index (Phi) is 4.72. The van der Waals surface area contributed by atoms with Crippen molar-refractivity contribution < 1.29 is 4.74 Å². The van der Waals surface area contributed by atoms with Crippen LogP contribution < -0.4 is 5.32 Å². The monoisotopic (exact) mass is 248 g/mol. The van der Waals surface area contributed by atoms with Crippen molar-refractivity contribution in [2.45, 2.75) is 45.8 Å². The lowest BCUT2D eigenvalue weighted by Gasteiger charge is -2.27. The Balaban J connectivity index is 2.15. The highest BCUT2D eigenvalue weighted by Gasteiger charge is 2.32. The molecule has 3 atom stereocenters. The standard InChI is InChI=1S/C15H24N2O/c1-4-8-16-15(14-7-9-18-12(14)3)13-6-5-11(2)17-10-13/h5-6,10,12,14-16H,4,7-9H2,1-3H3. The lowest BCUT2D eigenvalue weighted by molar-refractivity contribution is 0.0953. The van der Waals surface area contributed by atoms with Crippen LogP contribution in [0.2, 0.25) is 0 Å². The summed E-state index contributed by atoms with van der Waals surface area (Å²) in [6.07, 6.45) is 4.63. The van der Waals surface area contributed by atoms with Gasteiger partial charge in [0.1, 0.15) is 0 Å². The Morgan fingerprint density at radius 3 is 2.89 bits per heavy atom. The quantitative estimate of drug-likeness (QED) is 0.870. The second kappa shape index (κ2) is 6.30. The van der Waals surface area contributed by atoms with Gasteiger partial charge < -0.3 is 10.1 Å². The fourth-order valence-corrected chi connectivity index (χ4v) is 2.67. The van der Waals surface area contributed by atoms with Crippen molar-refractivity contribution in [1.82, 2.24) is 10.3 Å². The number of pyridine rings is 1. The van der Waals surface area contributed by atoms with Crippen molar-refractivity contribution >= 4 is 0 Å². The van der Waals surface area contributed by atoms with Crippen molar-refractivity contribution in [3.63, 3.8) is 0 Å². The summed E-state index contributed by atoms with van der Waals surface area (Å²) in [5.41, 5.74) is 2.36. The van der Waals surface area contributed by atoms with E-state index in [-0.39, 0.29) is 0 Å². The Bertz CT molecular complexity index is 363. The third kappa shape index (κ3) is 3.09. The van der Waals surface area contributed by atoms with Gasteiger partial charge in [0.15, 0.2) is 0 Å². The summed E-state index contributed by atoms with van der Waals surface area (Å²) in [7, 11) is 0. The van der Waals surface area contributed by atoms with Crippen LogP contribution in [0.25, 0.3) is 0 Å². The van der Waals surface area contributed by atoms with E-state index in [9.17, 15) is 0 Å². The van der Waals surface area contributed by atoms with E-state index in [1.54, 1.807) is 0 Å². The van der Waals surface area contributed by atoms with E-state index < -0.39 is 0 Å². The highest BCUT2D eigenvalue weighted by atomic mass is 16.5. The first-order valence-electron chi connectivity index (χ1n) is 7.00. The van der Waals surface area contributed by atoms with Crippen LogP contribution in [-0.2, 0) is 4.74 Å². The summed E-state index contributed by atoms with van der Waals surface area (Å²) in [5.74, 6) is 0.557. The molecule has 0 saturated carbocycles. The van der Waals surface area contributed by atoms with E-state index in [0.29, 0.717) is 18.1 Å². The lowest BCUT2D eigenvalue weighted by Crippen LogP contribution is -2.32. The van der Waals surface area contributed by atoms with Gasteiger partial charge in [0.25, 0.3) is 0 Å². The topological polar surface area (TPSA) is 34.2 Å². The molecule has 1 fully saturated rings. The first kappa shape index (κ1) is 13.5. The molecule has 1 aromatic rings. The maximum absolute atomic E-state index is 5.71. The Morgan fingerprint density at radius 1 is 1.50 bits per heavy atom. The van der Waals surface area contributed by atoms with Crippen molar-refractivity contribution in [2.24, 2.45) is 5.92 Å². The zero-order valence-electron chi connectivity index (χ0n) is 11.6. The average molecular weight is 248 g/mol. The minimum atomic E-state index is 0.334. The van der Waals surface area contributed by atoms with Crippen LogP contribution >= 0.6 is 0 Å². The summed E-state index contributed by atoms with van der Waals surface area (Å²) >= 11 is 0. The second-order valence-corrected chi connectivity index (χ2v) is 5.19. The number of rotatable bonds is 5. The number of hydrogen-bond acceptors (Lipinski definition) is 3. The van der Waals surface area contributed by atoms with Gasteiger partial charge in [-0.25, -0.2) is 0 Å². The number of hydrogen-bond donors (Lipinski definition) is 1. The van der Waals surface area contributed by atoms with Crippen LogP contribution in [0.15, 0.2) is 18.3 Å². The summed E-state index contributed by atoms with van der Waals surface area (Å²) in [6.45, 7) is 8.34. The van der Waals surface area contributed by atoms with Crippen molar-refractivity contribution in [3.05, 3.63) is 29.6 Å². The normalized spacial score (nSPS) is 25.3. The average Bonchev–Trinajstić information content (AvgIpc) is 2.78. The molecular weight excluding hydrogens is 224 g/mol. The molecule has 0 radical (unpaired) electrons. The van der Waals surface area contributed by atoms with Crippen molar-refractivity contribution in [1.29, 1.82) is 0 Å². The van der Waals surface area contributed by atoms with E-state index >= 15 is 0 Å². The predicted molar refractivity (Wildman–Crippen MR) is 73.5 cm³/mol. The van der Waals surface area contributed by atoms with Crippen LogP contribution in [0.4, 0.5) is 0 Å². The molecule has 1 saturated heterocycles. The molecule has 0 amide bonds. The van der Waals surface area contributed by atoms with Gasteiger partial charge in [-0.2, -0.15) is 0 Å². The third-order valence-corrected chi connectivity index (χ3v) is 3.77. The fourth-order valence-electron chi connectivity index (χ4n) is 2.67. The molecule has 100 valence electrons. The molecule has 2 rings (SSSR count). The van der Waals surface area contributed by atoms with Gasteiger partial charge >= 0.3 is 0 Å². The number of aryl methyl sites for hydroxylation is 1. The van der Waals surface area contributed by atoms with E-state index in [1.807, 2.05) is 13.1 Å². The first-order valence-corrected chi connectivity index (χ1v) is 7.00. The maximum atomic E-state index is 5.71. The van der Waals surface area contributed by atoms with Gasteiger partial charge in [0.05, 0.1) is 6.10 Å². The van der Waals surface area contributed by atoms with Crippen molar-refractivity contribution in [2.75, 3.05) is 13.2 Å². The Morgan fingerprint density at radius 2 is 2.33 bits per heavy atom. The number of nitrogens with one attached hydrogen (secondary N) is 1. The molecule has 2 heterocycles. The van der Waals surface area contributed by atoms with E-state index in [1.165, 1.54) is 5.56 Å². The molecule has 1 aromatic heterocycles. The minimum absolute atomic E-state index is 0.334. The van der Waals surface area contributed by atoms with E-state index in [2.05, 4.69) is 36.3 Å². The van der Waals surface area contributed by atoms with Crippen LogP contribution in [0, 0.1) is 12.8 Å². The second-order valence-electron chi connectivity index (χ2n) is 5.19. The highest BCUT2D eigenvalue weighted by Crippen LogP contribution is 2.33. The zero-order chi connectivity index (χ0) is 13.0. The maximum Gasteiger partial charge on any atom is 0.0594 e. The molecule has 3 nitrogen and oxygen atoms in total. The molecule has 1 aliphatic rings. The molecule has 0 aliphatic carbocycles. The van der Waals surface area contributed by atoms with Gasteiger partial charge in [-0.05, 0) is 44.9 Å². The summed E-state index contributed by atoms with van der Waals surface area (Å²) in [4.78, 5) is 4.42. The van der Waals surface area contributed by atoms with E-state index in [0.717, 1.165) is 31.7 Å². The van der Waals surface area contributed by atoms with Gasteiger partial charge in [-0.1, -0.05) is 13.0 Å². The molecule has 3 heteroatoms. The van der Waals surface area contributed by atoms with Crippen LogP contribution in [0.5, 0.6) is 0 Å². The fraction of sp³-hybridized carbons (Fsp3) is 0.667. The molecule has 1 aliphatic heterocycles. The largest absolute Gasteiger partial charge is 0.378 e. The lowest BCUT2D eigenvalue weighted by atomic mass is 9.89. The van der Waals surface area contributed by atoms with Crippen LogP contribution in [0.3, 0.4) is 0 Å². The Labute approximate surface area is 110 Å².